The average Bonchev–Trinajstić information content (AvgIpc) is 2.08. The van der Waals surface area contributed by atoms with Crippen molar-refractivity contribution in [2.45, 2.75) is 45.4 Å². The lowest BCUT2D eigenvalue weighted by molar-refractivity contribution is -0.124. The van der Waals surface area contributed by atoms with Crippen LogP contribution in [0, 0.1) is 0 Å². The lowest BCUT2D eigenvalue weighted by Crippen LogP contribution is -2.50. The summed E-state index contributed by atoms with van der Waals surface area (Å²) in [5.41, 5.74) is 0. The van der Waals surface area contributed by atoms with E-state index in [9.17, 15) is 4.79 Å². The van der Waals surface area contributed by atoms with Crippen LogP contribution in [0.2, 0.25) is 19.6 Å². The van der Waals surface area contributed by atoms with Crippen molar-refractivity contribution >= 4 is 14.1 Å². The fraction of sp³-hybridized carbons (Fsp3) is 0.875. The van der Waals surface area contributed by atoms with Gasteiger partial charge in [0.15, 0.2) is 8.24 Å². The van der Waals surface area contributed by atoms with Gasteiger partial charge in [0, 0.05) is 12.5 Å². The van der Waals surface area contributed by atoms with Gasteiger partial charge in [-0.3, -0.25) is 4.79 Å². The van der Waals surface area contributed by atoms with Crippen molar-refractivity contribution in [3.63, 3.8) is 0 Å². The molecule has 0 spiro atoms. The van der Waals surface area contributed by atoms with Crippen LogP contribution in [0.4, 0.5) is 0 Å². The molecule has 1 atom stereocenters. The van der Waals surface area contributed by atoms with Gasteiger partial charge < -0.3 is 4.57 Å². The highest BCUT2D eigenvalue weighted by molar-refractivity contribution is 6.75. The third-order valence-corrected chi connectivity index (χ3v) is 4.34. The van der Waals surface area contributed by atoms with Gasteiger partial charge >= 0.3 is 0 Å². The minimum atomic E-state index is -1.37. The monoisotopic (exact) mass is 171 g/mol. The summed E-state index contributed by atoms with van der Waals surface area (Å²) in [6, 6.07) is 0.495. The van der Waals surface area contributed by atoms with Crippen molar-refractivity contribution < 1.29 is 4.79 Å². The lowest BCUT2D eigenvalue weighted by Gasteiger charge is -2.34. The van der Waals surface area contributed by atoms with Crippen LogP contribution in [0.3, 0.4) is 0 Å². The van der Waals surface area contributed by atoms with Crippen LogP contribution in [-0.4, -0.2) is 24.7 Å². The second-order valence-corrected chi connectivity index (χ2v) is 9.15. The van der Waals surface area contributed by atoms with Gasteiger partial charge in [-0.05, 0) is 13.3 Å². The highest BCUT2D eigenvalue weighted by Crippen LogP contribution is 2.24. The van der Waals surface area contributed by atoms with Crippen molar-refractivity contribution in [1.29, 1.82) is 0 Å². The first-order valence-corrected chi connectivity index (χ1v) is 7.70. The molecule has 3 heteroatoms. The number of nitrogens with zero attached hydrogens (tertiary/aromatic N) is 1. The highest BCUT2D eigenvalue weighted by atomic mass is 28.3. The van der Waals surface area contributed by atoms with E-state index in [-0.39, 0.29) is 0 Å². The molecule has 0 aromatic carbocycles. The van der Waals surface area contributed by atoms with Crippen LogP contribution in [0.15, 0.2) is 0 Å². The number of rotatable bonds is 1. The fourth-order valence-electron chi connectivity index (χ4n) is 1.86. The van der Waals surface area contributed by atoms with Crippen LogP contribution in [-0.2, 0) is 4.79 Å². The summed E-state index contributed by atoms with van der Waals surface area (Å²) in [5, 5.41) is 0. The van der Waals surface area contributed by atoms with E-state index in [1.165, 1.54) is 0 Å². The van der Waals surface area contributed by atoms with Gasteiger partial charge in [-0.15, -0.1) is 0 Å². The van der Waals surface area contributed by atoms with Crippen molar-refractivity contribution in [1.82, 2.24) is 4.57 Å². The predicted octanol–water partition coefficient (Wildman–Crippen LogP) is 1.83. The van der Waals surface area contributed by atoms with E-state index in [0.29, 0.717) is 11.9 Å². The number of carbonyl (C=O) groups excluding carboxylic acids is 1. The molecule has 0 bridgehead atoms. The molecule has 64 valence electrons. The first-order valence-electron chi connectivity index (χ1n) is 4.25. The van der Waals surface area contributed by atoms with Crippen molar-refractivity contribution in [2.75, 3.05) is 0 Å². The normalized spacial score (nSPS) is 26.4. The van der Waals surface area contributed by atoms with E-state index < -0.39 is 8.24 Å². The largest absolute Gasteiger partial charge is 0.368 e. The van der Waals surface area contributed by atoms with Crippen LogP contribution in [0.1, 0.15) is 19.8 Å². The van der Waals surface area contributed by atoms with Gasteiger partial charge in [0.1, 0.15) is 0 Å². The number of hydrogen-bond donors (Lipinski definition) is 0. The van der Waals surface area contributed by atoms with Crippen molar-refractivity contribution in [3.05, 3.63) is 0 Å². The summed E-state index contributed by atoms with van der Waals surface area (Å²) in [7, 11) is -1.37. The van der Waals surface area contributed by atoms with Gasteiger partial charge in [-0.2, -0.15) is 0 Å². The maximum absolute atomic E-state index is 11.4. The van der Waals surface area contributed by atoms with Gasteiger partial charge in [0.2, 0.25) is 5.91 Å². The molecule has 1 saturated heterocycles. The molecule has 1 fully saturated rings. The molecule has 1 aliphatic heterocycles. The van der Waals surface area contributed by atoms with Gasteiger partial charge in [0.05, 0.1) is 0 Å². The van der Waals surface area contributed by atoms with Gasteiger partial charge in [-0.1, -0.05) is 19.6 Å². The Kier molecular flexibility index (Phi) is 2.10. The van der Waals surface area contributed by atoms with E-state index in [0.717, 1.165) is 12.8 Å². The predicted molar refractivity (Wildman–Crippen MR) is 48.9 cm³/mol. The Morgan fingerprint density at radius 2 is 2.00 bits per heavy atom. The Hall–Kier alpha value is -0.313. The molecule has 0 radical (unpaired) electrons. The number of carbonyl (C=O) groups is 1. The molecular formula is C8H17NOSi. The lowest BCUT2D eigenvalue weighted by atomic mass is 10.3. The SMILES string of the molecule is CC1CCC(=O)N1[Si](C)(C)C. The summed E-state index contributed by atoms with van der Waals surface area (Å²) >= 11 is 0. The molecule has 1 rings (SSSR count). The quantitative estimate of drug-likeness (QED) is 0.551. The molecule has 0 aliphatic carbocycles. The molecule has 0 aromatic rings. The topological polar surface area (TPSA) is 20.3 Å². The number of amides is 1. The first-order chi connectivity index (χ1) is 4.93. The van der Waals surface area contributed by atoms with E-state index in [1.54, 1.807) is 0 Å². The second-order valence-electron chi connectivity index (χ2n) is 4.32. The van der Waals surface area contributed by atoms with E-state index in [1.807, 2.05) is 0 Å². The second kappa shape index (κ2) is 2.63. The van der Waals surface area contributed by atoms with Crippen LogP contribution < -0.4 is 0 Å². The smallest absolute Gasteiger partial charge is 0.214 e. The minimum Gasteiger partial charge on any atom is -0.368 e. The molecule has 1 aliphatic rings. The van der Waals surface area contributed by atoms with Crippen LogP contribution in [0.25, 0.3) is 0 Å². The maximum Gasteiger partial charge on any atom is 0.214 e. The average molecular weight is 171 g/mol. The number of hydrogen-bond acceptors (Lipinski definition) is 1. The Bertz CT molecular complexity index is 173. The van der Waals surface area contributed by atoms with Gasteiger partial charge in [0.25, 0.3) is 0 Å². The summed E-state index contributed by atoms with van der Waals surface area (Å²) < 4.78 is 2.13. The molecule has 2 nitrogen and oxygen atoms in total. The molecule has 1 amide bonds. The maximum atomic E-state index is 11.4. The standard InChI is InChI=1S/C8H17NOSi/c1-7-5-6-8(10)9(7)11(2,3)4/h7H,5-6H2,1-4H3. The third kappa shape index (κ3) is 1.64. The van der Waals surface area contributed by atoms with E-state index >= 15 is 0 Å². The van der Waals surface area contributed by atoms with E-state index in [2.05, 4.69) is 31.1 Å². The Morgan fingerprint density at radius 3 is 2.18 bits per heavy atom. The molecule has 0 N–H and O–H groups in total. The Balaban J connectivity index is 2.77. The molecular weight excluding hydrogens is 154 g/mol. The Morgan fingerprint density at radius 1 is 1.45 bits per heavy atom. The third-order valence-electron chi connectivity index (χ3n) is 2.21. The fourth-order valence-corrected chi connectivity index (χ4v) is 4.17. The molecule has 0 aromatic heterocycles. The summed E-state index contributed by atoms with van der Waals surface area (Å²) in [5.74, 6) is 0.372. The molecule has 0 saturated carbocycles. The van der Waals surface area contributed by atoms with E-state index in [4.69, 9.17) is 0 Å². The van der Waals surface area contributed by atoms with Gasteiger partial charge in [-0.25, -0.2) is 0 Å². The summed E-state index contributed by atoms with van der Waals surface area (Å²) in [6.45, 7) is 8.84. The van der Waals surface area contributed by atoms with Crippen LogP contribution >= 0.6 is 0 Å². The Labute approximate surface area is 69.7 Å². The molecule has 11 heavy (non-hydrogen) atoms. The van der Waals surface area contributed by atoms with Crippen molar-refractivity contribution in [2.24, 2.45) is 0 Å². The first kappa shape index (κ1) is 8.78. The van der Waals surface area contributed by atoms with Crippen LogP contribution in [0.5, 0.6) is 0 Å². The highest BCUT2D eigenvalue weighted by Gasteiger charge is 2.36. The van der Waals surface area contributed by atoms with Crippen molar-refractivity contribution in [3.8, 4) is 0 Å². The zero-order valence-electron chi connectivity index (χ0n) is 7.85. The summed E-state index contributed by atoms with van der Waals surface area (Å²) in [4.78, 5) is 11.4. The zero-order chi connectivity index (χ0) is 8.65. The molecule has 1 heterocycles. The minimum absolute atomic E-state index is 0.372. The zero-order valence-corrected chi connectivity index (χ0v) is 8.85. The summed E-state index contributed by atoms with van der Waals surface area (Å²) in [6.07, 6.45) is 1.83. The molecule has 1 unspecified atom stereocenters.